The van der Waals surface area contributed by atoms with Crippen molar-refractivity contribution in [2.24, 2.45) is 0 Å². The number of aliphatic hydroxyl groups is 1. The number of ketones is 1. The maximum atomic E-state index is 13.1. The normalized spacial score (nSPS) is 17.4. The van der Waals surface area contributed by atoms with Gasteiger partial charge in [-0.1, -0.05) is 42.5 Å². The second kappa shape index (κ2) is 8.98. The molecule has 6 nitrogen and oxygen atoms in total. The monoisotopic (exact) mass is 429 g/mol. The first kappa shape index (κ1) is 21.2. The number of ether oxygens (including phenoxy) is 2. The Labute approximate surface area is 186 Å². The zero-order valence-corrected chi connectivity index (χ0v) is 17.8. The highest BCUT2D eigenvalue weighted by molar-refractivity contribution is 6.46. The van der Waals surface area contributed by atoms with E-state index in [1.807, 2.05) is 36.4 Å². The molecule has 6 heteroatoms. The molecule has 1 aliphatic rings. The summed E-state index contributed by atoms with van der Waals surface area (Å²) >= 11 is 0. The second-order valence-electron chi connectivity index (χ2n) is 7.42. The number of carbonyl (C=O) groups is 2. The van der Waals surface area contributed by atoms with E-state index in [9.17, 15) is 14.7 Å². The molecule has 1 aliphatic heterocycles. The lowest BCUT2D eigenvalue weighted by molar-refractivity contribution is -0.140. The number of hydrogen-bond acceptors (Lipinski definition) is 5. The van der Waals surface area contributed by atoms with Crippen LogP contribution in [0.1, 0.15) is 22.7 Å². The Morgan fingerprint density at radius 2 is 1.56 bits per heavy atom. The number of carbonyl (C=O) groups excluding carboxylic acids is 2. The van der Waals surface area contributed by atoms with Gasteiger partial charge in [0.05, 0.1) is 25.8 Å². The van der Waals surface area contributed by atoms with Gasteiger partial charge in [-0.25, -0.2) is 0 Å². The van der Waals surface area contributed by atoms with Gasteiger partial charge >= 0.3 is 0 Å². The molecule has 1 heterocycles. The fourth-order valence-electron chi connectivity index (χ4n) is 3.89. The summed E-state index contributed by atoms with van der Waals surface area (Å²) < 4.78 is 10.5. The number of methoxy groups -OCH3 is 2. The van der Waals surface area contributed by atoms with Crippen molar-refractivity contribution in [3.63, 3.8) is 0 Å². The van der Waals surface area contributed by atoms with Crippen molar-refractivity contribution in [1.29, 1.82) is 0 Å². The maximum absolute atomic E-state index is 13.1. The van der Waals surface area contributed by atoms with Crippen molar-refractivity contribution in [2.45, 2.75) is 12.6 Å². The van der Waals surface area contributed by atoms with Gasteiger partial charge in [-0.2, -0.15) is 0 Å². The minimum absolute atomic E-state index is 0.0457. The van der Waals surface area contributed by atoms with Gasteiger partial charge in [-0.15, -0.1) is 0 Å². The highest BCUT2D eigenvalue weighted by Crippen LogP contribution is 2.41. The number of Topliss-reactive ketones (excluding diaryl/α,β-unsaturated/α-hetero) is 1. The molecule has 1 N–H and O–H groups in total. The van der Waals surface area contributed by atoms with Gasteiger partial charge in [0.25, 0.3) is 11.7 Å². The van der Waals surface area contributed by atoms with Crippen LogP contribution in [0.25, 0.3) is 5.76 Å². The van der Waals surface area contributed by atoms with Gasteiger partial charge in [-0.3, -0.25) is 9.59 Å². The Hall–Kier alpha value is -4.06. The van der Waals surface area contributed by atoms with E-state index in [1.165, 1.54) is 4.90 Å². The van der Waals surface area contributed by atoms with Crippen LogP contribution in [0.5, 0.6) is 11.5 Å². The topological polar surface area (TPSA) is 76.1 Å². The van der Waals surface area contributed by atoms with Gasteiger partial charge < -0.3 is 19.5 Å². The van der Waals surface area contributed by atoms with Crippen LogP contribution in [0.3, 0.4) is 0 Å². The average molecular weight is 429 g/mol. The van der Waals surface area contributed by atoms with Gasteiger partial charge in [0.1, 0.15) is 17.3 Å². The summed E-state index contributed by atoms with van der Waals surface area (Å²) in [7, 11) is 3.10. The molecule has 162 valence electrons. The van der Waals surface area contributed by atoms with E-state index in [1.54, 1.807) is 56.7 Å². The molecule has 1 unspecified atom stereocenters. The first-order valence-electron chi connectivity index (χ1n) is 10.1. The van der Waals surface area contributed by atoms with Crippen LogP contribution < -0.4 is 9.47 Å². The molecule has 0 aromatic heterocycles. The number of aliphatic hydroxyl groups excluding tert-OH is 1. The second-order valence-corrected chi connectivity index (χ2v) is 7.42. The molecule has 1 fully saturated rings. The van der Waals surface area contributed by atoms with E-state index >= 15 is 0 Å². The molecular weight excluding hydrogens is 406 g/mol. The molecule has 32 heavy (non-hydrogen) atoms. The summed E-state index contributed by atoms with van der Waals surface area (Å²) in [5, 5.41) is 11.1. The van der Waals surface area contributed by atoms with E-state index in [2.05, 4.69) is 0 Å². The molecule has 0 aliphatic carbocycles. The summed E-state index contributed by atoms with van der Waals surface area (Å²) in [6.07, 6.45) is 0. The zero-order chi connectivity index (χ0) is 22.7. The zero-order valence-electron chi connectivity index (χ0n) is 17.8. The van der Waals surface area contributed by atoms with E-state index in [0.717, 1.165) is 5.56 Å². The van der Waals surface area contributed by atoms with Crippen LogP contribution in [0, 0.1) is 0 Å². The third kappa shape index (κ3) is 3.95. The summed E-state index contributed by atoms with van der Waals surface area (Å²) in [5.74, 6) is -0.388. The van der Waals surface area contributed by atoms with Crippen LogP contribution in [-0.4, -0.2) is 35.9 Å². The van der Waals surface area contributed by atoms with Crippen LogP contribution in [0.2, 0.25) is 0 Å². The Morgan fingerprint density at radius 3 is 2.22 bits per heavy atom. The molecule has 0 spiro atoms. The van der Waals surface area contributed by atoms with Gasteiger partial charge in [0.15, 0.2) is 0 Å². The van der Waals surface area contributed by atoms with E-state index < -0.39 is 17.7 Å². The lowest BCUT2D eigenvalue weighted by Crippen LogP contribution is -2.29. The Balaban J connectivity index is 1.85. The molecule has 1 amide bonds. The summed E-state index contributed by atoms with van der Waals surface area (Å²) in [6.45, 7) is 0.229. The van der Waals surface area contributed by atoms with Crippen LogP contribution in [-0.2, 0) is 16.1 Å². The smallest absolute Gasteiger partial charge is 0.295 e. The van der Waals surface area contributed by atoms with E-state index in [-0.39, 0.29) is 17.9 Å². The van der Waals surface area contributed by atoms with Gasteiger partial charge in [0.2, 0.25) is 0 Å². The summed E-state index contributed by atoms with van der Waals surface area (Å²) in [6, 6.07) is 22.5. The first-order valence-corrected chi connectivity index (χ1v) is 10.1. The summed E-state index contributed by atoms with van der Waals surface area (Å²) in [5.41, 5.74) is 2.03. The fraction of sp³-hybridized carbons (Fsp3) is 0.154. The van der Waals surface area contributed by atoms with Gasteiger partial charge in [0, 0.05) is 12.1 Å². The molecule has 1 atom stereocenters. The number of hydrogen-bond donors (Lipinski definition) is 1. The predicted octanol–water partition coefficient (Wildman–Crippen LogP) is 4.33. The van der Waals surface area contributed by atoms with Crippen molar-refractivity contribution < 1.29 is 24.2 Å². The maximum Gasteiger partial charge on any atom is 0.295 e. The average Bonchev–Trinajstić information content (AvgIpc) is 3.09. The molecule has 0 radical (unpaired) electrons. The quantitative estimate of drug-likeness (QED) is 0.359. The van der Waals surface area contributed by atoms with Crippen molar-refractivity contribution in [3.8, 4) is 11.5 Å². The Kier molecular flexibility index (Phi) is 5.94. The lowest BCUT2D eigenvalue weighted by Gasteiger charge is -2.25. The highest BCUT2D eigenvalue weighted by atomic mass is 16.5. The predicted molar refractivity (Wildman–Crippen MR) is 120 cm³/mol. The van der Waals surface area contributed by atoms with E-state index in [4.69, 9.17) is 9.47 Å². The third-order valence-corrected chi connectivity index (χ3v) is 5.51. The molecule has 4 rings (SSSR count). The minimum atomic E-state index is -0.757. The Morgan fingerprint density at radius 1 is 0.875 bits per heavy atom. The molecule has 1 saturated heterocycles. The standard InChI is InChI=1S/C26H23NO5/c1-31-20-13-11-18(12-14-20)24(28)22-23(19-9-6-10-21(15-19)32-2)27(26(30)25(22)29)16-17-7-4-3-5-8-17/h3-15,23,28H,16H2,1-2H3. The van der Waals surface area contributed by atoms with Crippen LogP contribution in [0.15, 0.2) is 84.4 Å². The highest BCUT2D eigenvalue weighted by Gasteiger charge is 2.46. The molecule has 3 aromatic carbocycles. The van der Waals surface area contributed by atoms with Crippen molar-refractivity contribution in [1.82, 2.24) is 4.90 Å². The number of amides is 1. The third-order valence-electron chi connectivity index (χ3n) is 5.51. The number of likely N-dealkylation sites (tertiary alicyclic amines) is 1. The lowest BCUT2D eigenvalue weighted by atomic mass is 9.95. The van der Waals surface area contributed by atoms with Crippen molar-refractivity contribution in [3.05, 3.63) is 101 Å². The molecule has 0 saturated carbocycles. The largest absolute Gasteiger partial charge is 0.507 e. The van der Waals surface area contributed by atoms with Crippen molar-refractivity contribution in [2.75, 3.05) is 14.2 Å². The number of benzene rings is 3. The van der Waals surface area contributed by atoms with Crippen LogP contribution in [0.4, 0.5) is 0 Å². The SMILES string of the molecule is COc1ccc(C(O)=C2C(=O)C(=O)N(Cc3ccccc3)C2c2cccc(OC)c2)cc1. The minimum Gasteiger partial charge on any atom is -0.507 e. The van der Waals surface area contributed by atoms with Crippen LogP contribution >= 0.6 is 0 Å². The number of rotatable bonds is 6. The summed E-state index contributed by atoms with van der Waals surface area (Å²) in [4.78, 5) is 27.7. The Bertz CT molecular complexity index is 1170. The van der Waals surface area contributed by atoms with Gasteiger partial charge in [-0.05, 0) is 47.5 Å². The molecule has 0 bridgehead atoms. The van der Waals surface area contributed by atoms with E-state index in [0.29, 0.717) is 22.6 Å². The molecular formula is C26H23NO5. The molecule has 3 aromatic rings. The van der Waals surface area contributed by atoms with Crippen molar-refractivity contribution >= 4 is 17.4 Å². The first-order chi connectivity index (χ1) is 15.5. The number of nitrogens with zero attached hydrogens (tertiary/aromatic N) is 1. The fourth-order valence-corrected chi connectivity index (χ4v) is 3.89.